The molecule has 1 radical (unpaired) electrons. The van der Waals surface area contributed by atoms with E-state index in [0.29, 0.717) is 43.2 Å². The van der Waals surface area contributed by atoms with Crippen LogP contribution >= 0.6 is 8.53 Å². The van der Waals surface area contributed by atoms with Crippen LogP contribution in [0, 0.1) is 11.3 Å². The fraction of sp³-hybridized carbons (Fsp3) is 0.647. The van der Waals surface area contributed by atoms with Crippen LogP contribution in [0.1, 0.15) is 39.9 Å². The van der Waals surface area contributed by atoms with Crippen molar-refractivity contribution in [1.82, 2.24) is 24.2 Å². The van der Waals surface area contributed by atoms with Crippen LogP contribution in [0.5, 0.6) is 0 Å². The van der Waals surface area contributed by atoms with E-state index in [-0.39, 0.29) is 38.8 Å². The van der Waals surface area contributed by atoms with E-state index in [1.54, 1.807) is 6.20 Å². The van der Waals surface area contributed by atoms with Crippen molar-refractivity contribution in [2.75, 3.05) is 13.2 Å². The first kappa shape index (κ1) is 25.0. The van der Waals surface area contributed by atoms with Crippen molar-refractivity contribution in [2.24, 2.45) is 0 Å². The maximum atomic E-state index is 9.57. The second-order valence-corrected chi connectivity index (χ2v) is 7.90. The standard InChI is InChI=1S/C17H27N6O3P.Ir/c1-13(2)23(14(3)4)27(25-8-5-6-18)26-9-7-22-16(11-24)21-15-10-19-12-20-17(15)22;/h10,12-14,24H,5,7-9,11H2,1-4H3;. The number of aliphatic hydroxyl groups is 1. The van der Waals surface area contributed by atoms with Gasteiger partial charge in [0, 0.05) is 38.7 Å². The minimum atomic E-state index is -1.30. The fourth-order valence-corrected chi connectivity index (χ4v) is 4.38. The molecule has 2 heterocycles. The van der Waals surface area contributed by atoms with Crippen LogP contribution in [0.4, 0.5) is 0 Å². The Labute approximate surface area is 180 Å². The summed E-state index contributed by atoms with van der Waals surface area (Å²) in [5.41, 5.74) is 1.30. The van der Waals surface area contributed by atoms with Gasteiger partial charge in [0.05, 0.1) is 31.9 Å². The topological polar surface area (TPSA) is 109 Å². The number of aromatic nitrogens is 4. The van der Waals surface area contributed by atoms with Crippen LogP contribution < -0.4 is 0 Å². The van der Waals surface area contributed by atoms with Crippen molar-refractivity contribution in [1.29, 1.82) is 5.26 Å². The van der Waals surface area contributed by atoms with Crippen molar-refractivity contribution in [3.05, 3.63) is 18.3 Å². The summed E-state index contributed by atoms with van der Waals surface area (Å²) >= 11 is 0. The van der Waals surface area contributed by atoms with Gasteiger partial charge < -0.3 is 18.7 Å². The van der Waals surface area contributed by atoms with Gasteiger partial charge in [-0.2, -0.15) is 5.26 Å². The summed E-state index contributed by atoms with van der Waals surface area (Å²) in [7, 11) is -1.30. The van der Waals surface area contributed by atoms with Gasteiger partial charge in [-0.25, -0.2) is 19.6 Å². The van der Waals surface area contributed by atoms with Gasteiger partial charge in [-0.3, -0.25) is 0 Å². The number of rotatable bonds is 11. The van der Waals surface area contributed by atoms with E-state index in [2.05, 4.69) is 53.4 Å². The molecule has 0 fully saturated rings. The molecule has 9 nitrogen and oxygen atoms in total. The van der Waals surface area contributed by atoms with Crippen molar-refractivity contribution < 1.29 is 34.3 Å². The molecule has 28 heavy (non-hydrogen) atoms. The largest absolute Gasteiger partial charge is 0.388 e. The number of fused-ring (bicyclic) bond motifs is 1. The molecular weight excluding hydrogens is 559 g/mol. The summed E-state index contributed by atoms with van der Waals surface area (Å²) in [5, 5.41) is 18.3. The zero-order valence-corrected chi connectivity index (χ0v) is 19.9. The van der Waals surface area contributed by atoms with E-state index < -0.39 is 8.53 Å². The summed E-state index contributed by atoms with van der Waals surface area (Å²) in [6, 6.07) is 2.58. The van der Waals surface area contributed by atoms with E-state index in [1.807, 2.05) is 4.57 Å². The fourth-order valence-electron chi connectivity index (χ4n) is 2.80. The van der Waals surface area contributed by atoms with Crippen molar-refractivity contribution in [2.45, 2.75) is 59.4 Å². The van der Waals surface area contributed by atoms with Gasteiger partial charge in [0.15, 0.2) is 5.65 Å². The third-order valence-corrected chi connectivity index (χ3v) is 5.92. The van der Waals surface area contributed by atoms with Gasteiger partial charge in [-0.15, -0.1) is 0 Å². The Bertz CT molecular complexity index is 759. The van der Waals surface area contributed by atoms with Crippen LogP contribution in [-0.2, 0) is 42.3 Å². The third-order valence-electron chi connectivity index (χ3n) is 3.81. The second-order valence-electron chi connectivity index (χ2n) is 6.45. The van der Waals surface area contributed by atoms with E-state index in [0.717, 1.165) is 0 Å². The smallest absolute Gasteiger partial charge is 0.259 e. The van der Waals surface area contributed by atoms with E-state index in [9.17, 15) is 5.11 Å². The normalized spacial score (nSPS) is 12.5. The molecule has 0 spiro atoms. The van der Waals surface area contributed by atoms with Crippen LogP contribution in [0.25, 0.3) is 11.2 Å². The molecular formula is C17H27IrN6O3P. The van der Waals surface area contributed by atoms with Crippen molar-refractivity contribution in [3.8, 4) is 6.07 Å². The van der Waals surface area contributed by atoms with Gasteiger partial charge in [-0.05, 0) is 27.7 Å². The van der Waals surface area contributed by atoms with E-state index in [1.165, 1.54) is 6.33 Å². The number of nitriles is 1. The molecule has 2 rings (SSSR count). The number of nitrogens with zero attached hydrogens (tertiary/aromatic N) is 6. The van der Waals surface area contributed by atoms with E-state index in [4.69, 9.17) is 14.3 Å². The minimum Gasteiger partial charge on any atom is -0.388 e. The van der Waals surface area contributed by atoms with Crippen molar-refractivity contribution >= 4 is 19.7 Å². The molecule has 0 aliphatic rings. The molecule has 1 atom stereocenters. The molecule has 0 saturated carbocycles. The first-order chi connectivity index (χ1) is 13.0. The predicted octanol–water partition coefficient (Wildman–Crippen LogP) is 2.61. The Balaban J connectivity index is 0.00000392. The zero-order valence-electron chi connectivity index (χ0n) is 16.6. The third kappa shape index (κ3) is 6.50. The Hall–Kier alpha value is -1.04. The van der Waals surface area contributed by atoms with Crippen LogP contribution in [-0.4, -0.2) is 54.6 Å². The molecule has 157 valence electrons. The Kier molecular flexibility index (Phi) is 11.2. The van der Waals surface area contributed by atoms with Crippen molar-refractivity contribution in [3.63, 3.8) is 0 Å². The summed E-state index contributed by atoms with van der Waals surface area (Å²) in [4.78, 5) is 12.6. The first-order valence-corrected chi connectivity index (χ1v) is 10.1. The molecule has 1 unspecified atom stereocenters. The Morgan fingerprint density at radius 1 is 1.25 bits per heavy atom. The van der Waals surface area contributed by atoms with Gasteiger partial charge in [0.2, 0.25) is 0 Å². The summed E-state index contributed by atoms with van der Waals surface area (Å²) in [6.45, 7) is 9.37. The summed E-state index contributed by atoms with van der Waals surface area (Å²) < 4.78 is 16.0. The number of imidazole rings is 1. The Morgan fingerprint density at radius 2 is 1.93 bits per heavy atom. The second kappa shape index (κ2) is 12.5. The summed E-state index contributed by atoms with van der Waals surface area (Å²) in [5.74, 6) is 0.522. The maximum Gasteiger partial charge on any atom is 0.259 e. The molecule has 2 aromatic heterocycles. The minimum absolute atomic E-state index is 0. The molecule has 0 aromatic carbocycles. The number of hydrogen-bond donors (Lipinski definition) is 1. The average Bonchev–Trinajstić information content (AvgIpc) is 2.99. The van der Waals surface area contributed by atoms with Gasteiger partial charge in [-0.1, -0.05) is 0 Å². The molecule has 0 aliphatic carbocycles. The van der Waals surface area contributed by atoms with Crippen LogP contribution in [0.15, 0.2) is 12.5 Å². The average molecular weight is 587 g/mol. The molecule has 11 heteroatoms. The van der Waals surface area contributed by atoms with Gasteiger partial charge >= 0.3 is 0 Å². The molecule has 2 aromatic rings. The molecule has 0 bridgehead atoms. The number of hydrogen-bond acceptors (Lipinski definition) is 8. The molecule has 1 N–H and O–H groups in total. The van der Waals surface area contributed by atoms with Crippen LogP contribution in [0.2, 0.25) is 0 Å². The zero-order chi connectivity index (χ0) is 19.8. The van der Waals surface area contributed by atoms with E-state index >= 15 is 0 Å². The molecule has 0 saturated heterocycles. The van der Waals surface area contributed by atoms with Gasteiger partial charge in [0.1, 0.15) is 24.3 Å². The predicted molar refractivity (Wildman–Crippen MR) is 102 cm³/mol. The maximum absolute atomic E-state index is 9.57. The SMILES string of the molecule is CC(C)N(C(C)C)P(OCCC#N)OCCn1c(CO)nc2cncnc21.[Ir]. The van der Waals surface area contributed by atoms with Gasteiger partial charge in [0.25, 0.3) is 8.53 Å². The Morgan fingerprint density at radius 3 is 2.54 bits per heavy atom. The van der Waals surface area contributed by atoms with Crippen LogP contribution in [0.3, 0.4) is 0 Å². The molecule has 0 amide bonds. The molecule has 0 aliphatic heterocycles. The first-order valence-electron chi connectivity index (χ1n) is 8.96. The monoisotopic (exact) mass is 587 g/mol. The quantitative estimate of drug-likeness (QED) is 0.316. The number of aliphatic hydroxyl groups excluding tert-OH is 1. The summed E-state index contributed by atoms with van der Waals surface area (Å²) in [6.07, 6.45) is 3.40.